The molecule has 3 aromatic heterocycles. The Labute approximate surface area is 109 Å². The molecule has 0 saturated heterocycles. The van der Waals surface area contributed by atoms with Crippen LogP contribution in [0, 0.1) is 0 Å². The molecule has 1 atom stereocenters. The van der Waals surface area contributed by atoms with Gasteiger partial charge in [0.05, 0.1) is 11.9 Å². The second kappa shape index (κ2) is 4.04. The molecule has 1 aliphatic heterocycles. The van der Waals surface area contributed by atoms with E-state index in [1.165, 1.54) is 0 Å². The Hall–Kier alpha value is -2.44. The van der Waals surface area contributed by atoms with Crippen molar-refractivity contribution in [2.24, 2.45) is 0 Å². The maximum Gasteiger partial charge on any atom is 0.142 e. The minimum Gasteiger partial charge on any atom is -0.365 e. The van der Waals surface area contributed by atoms with Crippen LogP contribution in [0.4, 0.5) is 5.82 Å². The van der Waals surface area contributed by atoms with Gasteiger partial charge in [-0.3, -0.25) is 0 Å². The van der Waals surface area contributed by atoms with Gasteiger partial charge in [0.2, 0.25) is 0 Å². The molecule has 0 amide bonds. The van der Waals surface area contributed by atoms with E-state index in [2.05, 4.69) is 30.4 Å². The average molecular weight is 255 g/mol. The average Bonchev–Trinajstić information content (AvgIpc) is 3.06. The van der Waals surface area contributed by atoms with Gasteiger partial charge in [-0.1, -0.05) is 0 Å². The molecular formula is C12H13N7. The van der Waals surface area contributed by atoms with Crippen molar-refractivity contribution in [1.82, 2.24) is 29.7 Å². The van der Waals surface area contributed by atoms with Crippen molar-refractivity contribution in [2.75, 3.05) is 5.32 Å². The molecule has 96 valence electrons. The summed E-state index contributed by atoms with van der Waals surface area (Å²) in [6, 6.07) is 2.31. The van der Waals surface area contributed by atoms with E-state index >= 15 is 0 Å². The summed E-state index contributed by atoms with van der Waals surface area (Å²) in [7, 11) is 0. The van der Waals surface area contributed by atoms with E-state index in [9.17, 15) is 0 Å². The molecule has 4 rings (SSSR count). The highest BCUT2D eigenvalue weighted by molar-refractivity contribution is 5.86. The number of anilines is 1. The topological polar surface area (TPSA) is 84.3 Å². The quantitative estimate of drug-likeness (QED) is 0.713. The van der Waals surface area contributed by atoms with Crippen LogP contribution < -0.4 is 5.32 Å². The van der Waals surface area contributed by atoms with Crippen molar-refractivity contribution in [3.63, 3.8) is 0 Å². The lowest BCUT2D eigenvalue weighted by molar-refractivity contribution is 0.441. The second-order valence-electron chi connectivity index (χ2n) is 4.70. The smallest absolute Gasteiger partial charge is 0.142 e. The van der Waals surface area contributed by atoms with Crippen molar-refractivity contribution < 1.29 is 0 Å². The van der Waals surface area contributed by atoms with Crippen LogP contribution in [0.1, 0.15) is 12.2 Å². The summed E-state index contributed by atoms with van der Waals surface area (Å²) in [5.41, 5.74) is 0.856. The van der Waals surface area contributed by atoms with Gasteiger partial charge in [0.1, 0.15) is 29.9 Å². The fraction of sp³-hybridized carbons (Fsp3) is 0.333. The molecule has 0 saturated carbocycles. The molecule has 1 aliphatic rings. The monoisotopic (exact) mass is 255 g/mol. The number of nitrogens with zero attached hydrogens (tertiary/aromatic N) is 5. The first-order valence-corrected chi connectivity index (χ1v) is 6.31. The van der Waals surface area contributed by atoms with Crippen LogP contribution >= 0.6 is 0 Å². The first-order chi connectivity index (χ1) is 9.40. The predicted octanol–water partition coefficient (Wildman–Crippen LogP) is 0.976. The summed E-state index contributed by atoms with van der Waals surface area (Å²) in [6.45, 7) is 0.825. The van der Waals surface area contributed by atoms with Crippen molar-refractivity contribution in [2.45, 2.75) is 25.4 Å². The van der Waals surface area contributed by atoms with E-state index in [4.69, 9.17) is 0 Å². The van der Waals surface area contributed by atoms with Crippen molar-refractivity contribution in [3.8, 4) is 0 Å². The van der Waals surface area contributed by atoms with E-state index in [-0.39, 0.29) is 0 Å². The molecule has 0 bridgehead atoms. The summed E-state index contributed by atoms with van der Waals surface area (Å²) >= 11 is 0. The second-order valence-corrected chi connectivity index (χ2v) is 4.70. The number of rotatable bonds is 2. The van der Waals surface area contributed by atoms with E-state index in [1.54, 1.807) is 12.7 Å². The first-order valence-electron chi connectivity index (χ1n) is 6.31. The third kappa shape index (κ3) is 1.74. The molecule has 2 N–H and O–H groups in total. The minimum absolute atomic E-state index is 0.321. The third-order valence-electron chi connectivity index (χ3n) is 3.50. The summed E-state index contributed by atoms with van der Waals surface area (Å²) in [5, 5.41) is 8.73. The Morgan fingerprint density at radius 1 is 1.26 bits per heavy atom. The van der Waals surface area contributed by atoms with Gasteiger partial charge >= 0.3 is 0 Å². The van der Waals surface area contributed by atoms with Crippen molar-refractivity contribution in [1.29, 1.82) is 0 Å². The highest BCUT2D eigenvalue weighted by Gasteiger charge is 2.20. The summed E-state index contributed by atoms with van der Waals surface area (Å²) in [6.07, 6.45) is 7.05. The molecule has 0 radical (unpaired) electrons. The number of aromatic amines is 1. The zero-order chi connectivity index (χ0) is 12.7. The fourth-order valence-electron chi connectivity index (χ4n) is 2.54. The maximum atomic E-state index is 4.33. The number of nitrogens with one attached hydrogen (secondary N) is 2. The van der Waals surface area contributed by atoms with Gasteiger partial charge in [-0.25, -0.2) is 19.6 Å². The molecule has 7 heteroatoms. The number of fused-ring (bicyclic) bond motifs is 2. The molecule has 4 heterocycles. The Morgan fingerprint density at radius 3 is 3.26 bits per heavy atom. The van der Waals surface area contributed by atoms with Gasteiger partial charge in [0.15, 0.2) is 0 Å². The van der Waals surface area contributed by atoms with Gasteiger partial charge < -0.3 is 10.3 Å². The first kappa shape index (κ1) is 10.5. The largest absolute Gasteiger partial charge is 0.365 e. The van der Waals surface area contributed by atoms with Crippen molar-refractivity contribution in [3.05, 3.63) is 30.7 Å². The van der Waals surface area contributed by atoms with Gasteiger partial charge in [-0.15, -0.1) is 0 Å². The van der Waals surface area contributed by atoms with Gasteiger partial charge in [-0.05, 0) is 12.5 Å². The number of hydrogen-bond donors (Lipinski definition) is 2. The summed E-state index contributed by atoms with van der Waals surface area (Å²) < 4.78 is 1.96. The predicted molar refractivity (Wildman–Crippen MR) is 69.6 cm³/mol. The highest BCUT2D eigenvalue weighted by atomic mass is 15.3. The van der Waals surface area contributed by atoms with Crippen LogP contribution in [0.15, 0.2) is 24.9 Å². The number of aryl methyl sites for hydroxylation is 1. The van der Waals surface area contributed by atoms with E-state index in [0.717, 1.165) is 42.1 Å². The third-order valence-corrected chi connectivity index (χ3v) is 3.50. The normalized spacial score (nSPS) is 18.4. The maximum absolute atomic E-state index is 4.33. The Bertz CT molecular complexity index is 714. The molecule has 0 spiro atoms. The van der Waals surface area contributed by atoms with Crippen LogP contribution in [0.3, 0.4) is 0 Å². The van der Waals surface area contributed by atoms with Crippen LogP contribution in [0.25, 0.3) is 11.0 Å². The molecule has 1 unspecified atom stereocenters. The Kier molecular flexibility index (Phi) is 2.23. The van der Waals surface area contributed by atoms with Crippen LogP contribution in [-0.2, 0) is 13.0 Å². The van der Waals surface area contributed by atoms with Crippen LogP contribution in [0.2, 0.25) is 0 Å². The van der Waals surface area contributed by atoms with E-state index in [0.29, 0.717) is 6.04 Å². The lowest BCUT2D eigenvalue weighted by Crippen LogP contribution is -2.32. The lowest BCUT2D eigenvalue weighted by Gasteiger charge is -2.24. The van der Waals surface area contributed by atoms with Crippen molar-refractivity contribution >= 4 is 16.9 Å². The number of H-pyrrole nitrogens is 1. The lowest BCUT2D eigenvalue weighted by atomic mass is 10.1. The summed E-state index contributed by atoms with van der Waals surface area (Å²) in [4.78, 5) is 15.8. The summed E-state index contributed by atoms with van der Waals surface area (Å²) in [5.74, 6) is 1.94. The van der Waals surface area contributed by atoms with E-state index in [1.807, 2.05) is 16.9 Å². The molecular weight excluding hydrogens is 242 g/mol. The van der Waals surface area contributed by atoms with Gasteiger partial charge in [0, 0.05) is 18.7 Å². The standard InChI is InChI=1S/C12H13N7/c1-2-10-14-7-17-19(10)5-8(1)18-12-9-3-4-13-11(9)15-6-16-12/h3-4,6-8H,1-2,5H2,(H2,13,15,16,18). The molecule has 7 nitrogen and oxygen atoms in total. The molecule has 0 aromatic carbocycles. The molecule has 0 fully saturated rings. The Morgan fingerprint density at radius 2 is 2.26 bits per heavy atom. The minimum atomic E-state index is 0.321. The highest BCUT2D eigenvalue weighted by Crippen LogP contribution is 2.21. The zero-order valence-electron chi connectivity index (χ0n) is 10.2. The van der Waals surface area contributed by atoms with E-state index < -0.39 is 0 Å². The number of hydrogen-bond acceptors (Lipinski definition) is 5. The Balaban J connectivity index is 1.61. The molecule has 0 aliphatic carbocycles. The SMILES string of the molecule is c1nc(NC2CCc3ncnn3C2)c2cc[nH]c2n1. The van der Waals surface area contributed by atoms with Gasteiger partial charge in [-0.2, -0.15) is 5.10 Å². The van der Waals surface area contributed by atoms with Crippen LogP contribution in [0.5, 0.6) is 0 Å². The number of aromatic nitrogens is 6. The fourth-order valence-corrected chi connectivity index (χ4v) is 2.54. The zero-order valence-corrected chi connectivity index (χ0v) is 10.2. The van der Waals surface area contributed by atoms with Crippen LogP contribution in [-0.4, -0.2) is 35.8 Å². The molecule has 19 heavy (non-hydrogen) atoms. The molecule has 3 aromatic rings. The van der Waals surface area contributed by atoms with Gasteiger partial charge in [0.25, 0.3) is 0 Å².